The van der Waals surface area contributed by atoms with E-state index in [4.69, 9.17) is 10.5 Å². The lowest BCUT2D eigenvalue weighted by atomic mass is 9.83. The number of nitrogen functional groups attached to an aromatic ring is 1. The number of nitrogens with zero attached hydrogens (tertiary/aromatic N) is 2. The fraction of sp³-hybridized carbons (Fsp3) is 0.692. The average Bonchev–Trinajstić information content (AvgIpc) is 2.40. The Balaban J connectivity index is 2.15. The van der Waals surface area contributed by atoms with Crippen LogP contribution >= 0.6 is 0 Å². The van der Waals surface area contributed by atoms with Crippen molar-refractivity contribution in [3.05, 3.63) is 6.33 Å². The van der Waals surface area contributed by atoms with Crippen molar-refractivity contribution in [1.29, 1.82) is 0 Å². The zero-order valence-electron chi connectivity index (χ0n) is 11.1. The van der Waals surface area contributed by atoms with Gasteiger partial charge < -0.3 is 15.8 Å². The summed E-state index contributed by atoms with van der Waals surface area (Å²) in [6, 6.07) is 0.465. The van der Waals surface area contributed by atoms with E-state index in [2.05, 4.69) is 22.2 Å². The van der Waals surface area contributed by atoms with Crippen molar-refractivity contribution < 1.29 is 4.74 Å². The third-order valence-corrected chi connectivity index (χ3v) is 3.79. The molecule has 100 valence electrons. The van der Waals surface area contributed by atoms with Gasteiger partial charge >= 0.3 is 0 Å². The minimum Gasteiger partial charge on any atom is -0.490 e. The van der Waals surface area contributed by atoms with Crippen LogP contribution in [0.3, 0.4) is 0 Å². The van der Waals surface area contributed by atoms with Gasteiger partial charge in [-0.15, -0.1) is 0 Å². The third-order valence-electron chi connectivity index (χ3n) is 3.79. The Kier molecular flexibility index (Phi) is 4.23. The number of nitrogens with one attached hydrogen (secondary N) is 1. The molecule has 2 atom stereocenters. The number of aromatic nitrogens is 2. The van der Waals surface area contributed by atoms with Crippen molar-refractivity contribution in [3.63, 3.8) is 0 Å². The van der Waals surface area contributed by atoms with Crippen LogP contribution in [0.25, 0.3) is 0 Å². The third kappa shape index (κ3) is 2.66. The molecule has 0 spiro atoms. The van der Waals surface area contributed by atoms with Crippen molar-refractivity contribution in [3.8, 4) is 5.75 Å². The molecule has 0 aliphatic heterocycles. The Morgan fingerprint density at radius 3 is 2.89 bits per heavy atom. The maximum absolute atomic E-state index is 5.79. The van der Waals surface area contributed by atoms with Crippen LogP contribution in [0.15, 0.2) is 6.33 Å². The molecule has 1 aliphatic rings. The number of hydrogen-bond donors (Lipinski definition) is 2. The zero-order chi connectivity index (χ0) is 13.0. The van der Waals surface area contributed by atoms with Crippen LogP contribution < -0.4 is 15.8 Å². The minimum atomic E-state index is 0.388. The molecule has 1 aliphatic carbocycles. The maximum atomic E-state index is 5.79. The number of anilines is 2. The second-order valence-corrected chi connectivity index (χ2v) is 4.84. The van der Waals surface area contributed by atoms with Gasteiger partial charge in [0.05, 0.1) is 7.11 Å². The second-order valence-electron chi connectivity index (χ2n) is 4.84. The topological polar surface area (TPSA) is 73.1 Å². The van der Waals surface area contributed by atoms with Crippen molar-refractivity contribution in [2.75, 3.05) is 18.2 Å². The summed E-state index contributed by atoms with van der Waals surface area (Å²) in [5.41, 5.74) is 5.79. The maximum Gasteiger partial charge on any atom is 0.203 e. The van der Waals surface area contributed by atoms with E-state index < -0.39 is 0 Å². The predicted octanol–water partition coefficient (Wildman–Crippen LogP) is 2.45. The van der Waals surface area contributed by atoms with Crippen molar-refractivity contribution in [2.24, 2.45) is 5.92 Å². The van der Waals surface area contributed by atoms with Gasteiger partial charge in [0.1, 0.15) is 6.33 Å². The van der Waals surface area contributed by atoms with Crippen LogP contribution in [0.4, 0.5) is 11.6 Å². The highest BCUT2D eigenvalue weighted by Gasteiger charge is 2.25. The first-order valence-electron chi connectivity index (χ1n) is 6.67. The van der Waals surface area contributed by atoms with E-state index in [1.165, 1.54) is 38.4 Å². The quantitative estimate of drug-likeness (QED) is 0.858. The molecule has 0 amide bonds. The largest absolute Gasteiger partial charge is 0.490 e. The molecule has 1 saturated carbocycles. The Morgan fingerprint density at radius 1 is 1.39 bits per heavy atom. The van der Waals surface area contributed by atoms with Crippen LogP contribution in [0, 0.1) is 5.92 Å². The lowest BCUT2D eigenvalue weighted by molar-refractivity contribution is 0.315. The molecule has 2 unspecified atom stereocenters. The Bertz CT molecular complexity index is 397. The summed E-state index contributed by atoms with van der Waals surface area (Å²) in [5.74, 6) is 2.37. The van der Waals surface area contributed by atoms with Gasteiger partial charge in [0.2, 0.25) is 5.75 Å². The molecule has 1 aromatic heterocycles. The molecule has 0 saturated heterocycles. The van der Waals surface area contributed by atoms with E-state index in [0.717, 1.165) is 5.82 Å². The molecule has 5 nitrogen and oxygen atoms in total. The summed E-state index contributed by atoms with van der Waals surface area (Å²) in [6.07, 6.45) is 7.75. The summed E-state index contributed by atoms with van der Waals surface area (Å²) in [6.45, 7) is 2.25. The van der Waals surface area contributed by atoms with Gasteiger partial charge in [0.15, 0.2) is 11.6 Å². The number of nitrogens with two attached hydrogens (primary N) is 1. The average molecular weight is 250 g/mol. The number of ether oxygens (including phenoxy) is 1. The van der Waals surface area contributed by atoms with Crippen molar-refractivity contribution in [2.45, 2.75) is 45.1 Å². The van der Waals surface area contributed by atoms with Crippen molar-refractivity contribution >= 4 is 11.6 Å². The molecular formula is C13H22N4O. The standard InChI is InChI=1S/C13H22N4O/c1-3-9-6-4-5-7-10(9)17-13-11(18-2)12(14)15-8-16-13/h8-10H,3-7H2,1-2H3,(H3,14,15,16,17). The summed E-state index contributed by atoms with van der Waals surface area (Å²) in [4.78, 5) is 8.19. The van der Waals surface area contributed by atoms with E-state index in [1.807, 2.05) is 0 Å². The van der Waals surface area contributed by atoms with Crippen LogP contribution in [-0.4, -0.2) is 23.1 Å². The molecule has 5 heteroatoms. The SMILES string of the molecule is CCC1CCCCC1Nc1ncnc(N)c1OC. The lowest BCUT2D eigenvalue weighted by Gasteiger charge is -2.32. The summed E-state index contributed by atoms with van der Waals surface area (Å²) < 4.78 is 5.27. The minimum absolute atomic E-state index is 0.388. The van der Waals surface area contributed by atoms with Gasteiger partial charge in [-0.3, -0.25) is 0 Å². The highest BCUT2D eigenvalue weighted by molar-refractivity contribution is 5.61. The molecule has 0 radical (unpaired) electrons. The molecule has 1 heterocycles. The van der Waals surface area contributed by atoms with Gasteiger partial charge in [-0.1, -0.05) is 26.2 Å². The smallest absolute Gasteiger partial charge is 0.203 e. The zero-order valence-corrected chi connectivity index (χ0v) is 11.1. The van der Waals surface area contributed by atoms with Crippen molar-refractivity contribution in [1.82, 2.24) is 9.97 Å². The number of rotatable bonds is 4. The Morgan fingerprint density at radius 2 is 2.17 bits per heavy atom. The molecule has 3 N–H and O–H groups in total. The lowest BCUT2D eigenvalue weighted by Crippen LogP contribution is -2.32. The number of methoxy groups -OCH3 is 1. The van der Waals surface area contributed by atoms with Gasteiger partial charge in [-0.2, -0.15) is 0 Å². The van der Waals surface area contributed by atoms with Gasteiger partial charge in [0, 0.05) is 6.04 Å². The predicted molar refractivity (Wildman–Crippen MR) is 72.7 cm³/mol. The summed E-state index contributed by atoms with van der Waals surface area (Å²) >= 11 is 0. The molecule has 0 bridgehead atoms. The highest BCUT2D eigenvalue weighted by atomic mass is 16.5. The molecule has 2 rings (SSSR count). The van der Waals surface area contributed by atoms with Crippen LogP contribution in [0.1, 0.15) is 39.0 Å². The first-order chi connectivity index (χ1) is 8.76. The van der Waals surface area contributed by atoms with E-state index in [1.54, 1.807) is 7.11 Å². The molecule has 0 aromatic carbocycles. The van der Waals surface area contributed by atoms with Gasteiger partial charge in [0.25, 0.3) is 0 Å². The first kappa shape index (κ1) is 12.9. The highest BCUT2D eigenvalue weighted by Crippen LogP contribution is 2.33. The van der Waals surface area contributed by atoms with E-state index in [0.29, 0.717) is 23.5 Å². The summed E-state index contributed by atoms with van der Waals surface area (Å²) in [5, 5.41) is 3.49. The fourth-order valence-electron chi connectivity index (χ4n) is 2.75. The number of hydrogen-bond acceptors (Lipinski definition) is 5. The van der Waals surface area contributed by atoms with Gasteiger partial charge in [-0.05, 0) is 18.8 Å². The summed E-state index contributed by atoms with van der Waals surface area (Å²) in [7, 11) is 1.60. The van der Waals surface area contributed by atoms with E-state index >= 15 is 0 Å². The van der Waals surface area contributed by atoms with Crippen LogP contribution in [-0.2, 0) is 0 Å². The fourth-order valence-corrected chi connectivity index (χ4v) is 2.75. The monoisotopic (exact) mass is 250 g/mol. The molecular weight excluding hydrogens is 228 g/mol. The molecule has 1 fully saturated rings. The van der Waals surface area contributed by atoms with Crippen LogP contribution in [0.5, 0.6) is 5.75 Å². The van der Waals surface area contributed by atoms with E-state index in [-0.39, 0.29) is 0 Å². The normalized spacial score (nSPS) is 23.7. The van der Waals surface area contributed by atoms with Gasteiger partial charge in [-0.25, -0.2) is 9.97 Å². The van der Waals surface area contributed by atoms with E-state index in [9.17, 15) is 0 Å². The second kappa shape index (κ2) is 5.89. The Labute approximate surface area is 108 Å². The molecule has 18 heavy (non-hydrogen) atoms. The Hall–Kier alpha value is -1.52. The first-order valence-corrected chi connectivity index (χ1v) is 6.67. The molecule has 1 aromatic rings. The van der Waals surface area contributed by atoms with Crippen LogP contribution in [0.2, 0.25) is 0 Å².